The van der Waals surface area contributed by atoms with Gasteiger partial charge in [0, 0.05) is 4.47 Å². The summed E-state index contributed by atoms with van der Waals surface area (Å²) in [6.45, 7) is 1.80. The highest BCUT2D eigenvalue weighted by Crippen LogP contribution is 2.30. The van der Waals surface area contributed by atoms with E-state index in [4.69, 9.17) is 0 Å². The van der Waals surface area contributed by atoms with Crippen molar-refractivity contribution in [1.82, 2.24) is 0 Å². The highest BCUT2D eigenvalue weighted by Gasteiger charge is 2.04. The molecule has 0 spiro atoms. The molecular formula is C8H8BrNO2. The summed E-state index contributed by atoms with van der Waals surface area (Å²) in [5, 5.41) is 11.8. The SMILES string of the molecule is Cc1cc(Br)cc(O)c1NC=O. The molecule has 12 heavy (non-hydrogen) atoms. The van der Waals surface area contributed by atoms with Gasteiger partial charge in [0.25, 0.3) is 0 Å². The van der Waals surface area contributed by atoms with Gasteiger partial charge in [0.1, 0.15) is 5.75 Å². The van der Waals surface area contributed by atoms with E-state index in [1.54, 1.807) is 6.92 Å². The van der Waals surface area contributed by atoms with Crippen LogP contribution in [0.1, 0.15) is 5.56 Å². The van der Waals surface area contributed by atoms with Crippen molar-refractivity contribution < 1.29 is 9.90 Å². The van der Waals surface area contributed by atoms with Crippen molar-refractivity contribution in [3.63, 3.8) is 0 Å². The predicted octanol–water partition coefficient (Wildman–Crippen LogP) is 2.03. The Hall–Kier alpha value is -1.03. The number of phenols is 1. The van der Waals surface area contributed by atoms with E-state index in [2.05, 4.69) is 21.2 Å². The Morgan fingerprint density at radius 2 is 2.25 bits per heavy atom. The molecule has 0 saturated heterocycles. The predicted molar refractivity (Wildman–Crippen MR) is 50.2 cm³/mol. The fourth-order valence-electron chi connectivity index (χ4n) is 0.972. The van der Waals surface area contributed by atoms with Gasteiger partial charge in [-0.05, 0) is 24.6 Å². The molecule has 0 aliphatic rings. The van der Waals surface area contributed by atoms with Crippen molar-refractivity contribution in [1.29, 1.82) is 0 Å². The van der Waals surface area contributed by atoms with Gasteiger partial charge in [-0.1, -0.05) is 15.9 Å². The smallest absolute Gasteiger partial charge is 0.211 e. The van der Waals surface area contributed by atoms with Crippen molar-refractivity contribution in [2.45, 2.75) is 6.92 Å². The summed E-state index contributed by atoms with van der Waals surface area (Å²) in [5.41, 5.74) is 1.27. The molecule has 0 radical (unpaired) electrons. The highest BCUT2D eigenvalue weighted by molar-refractivity contribution is 9.10. The standard InChI is InChI=1S/C8H8BrNO2/c1-5-2-6(9)3-7(12)8(5)10-4-11/h2-4,12H,1H3,(H,10,11). The first-order valence-corrected chi connectivity index (χ1v) is 4.13. The van der Waals surface area contributed by atoms with Crippen molar-refractivity contribution in [2.75, 3.05) is 5.32 Å². The molecule has 0 bridgehead atoms. The van der Waals surface area contributed by atoms with Gasteiger partial charge in [-0.2, -0.15) is 0 Å². The Labute approximate surface area is 78.5 Å². The summed E-state index contributed by atoms with van der Waals surface area (Å²) in [7, 11) is 0. The van der Waals surface area contributed by atoms with Crippen LogP contribution in [-0.4, -0.2) is 11.5 Å². The van der Waals surface area contributed by atoms with Crippen LogP contribution in [0.15, 0.2) is 16.6 Å². The molecular weight excluding hydrogens is 222 g/mol. The van der Waals surface area contributed by atoms with Crippen molar-refractivity contribution >= 4 is 28.0 Å². The Morgan fingerprint density at radius 3 is 2.75 bits per heavy atom. The number of halogens is 1. The van der Waals surface area contributed by atoms with E-state index in [1.165, 1.54) is 6.07 Å². The van der Waals surface area contributed by atoms with Crippen LogP contribution >= 0.6 is 15.9 Å². The average molecular weight is 230 g/mol. The molecule has 0 aromatic heterocycles. The second kappa shape index (κ2) is 3.58. The molecule has 0 unspecified atom stereocenters. The number of hydrogen-bond donors (Lipinski definition) is 2. The third kappa shape index (κ3) is 1.76. The maximum Gasteiger partial charge on any atom is 0.211 e. The summed E-state index contributed by atoms with van der Waals surface area (Å²) in [6.07, 6.45) is 0.538. The van der Waals surface area contributed by atoms with Gasteiger partial charge in [-0.15, -0.1) is 0 Å². The molecule has 0 aliphatic heterocycles. The number of anilines is 1. The number of rotatable bonds is 2. The van der Waals surface area contributed by atoms with Gasteiger partial charge in [0.05, 0.1) is 5.69 Å². The largest absolute Gasteiger partial charge is 0.506 e. The lowest BCUT2D eigenvalue weighted by Gasteiger charge is -2.06. The van der Waals surface area contributed by atoms with E-state index in [1.807, 2.05) is 6.07 Å². The number of carbonyl (C=O) groups excluding carboxylic acids is 1. The monoisotopic (exact) mass is 229 g/mol. The van der Waals surface area contributed by atoms with Crippen LogP contribution in [-0.2, 0) is 4.79 Å². The first-order chi connectivity index (χ1) is 5.65. The van der Waals surface area contributed by atoms with E-state index in [0.29, 0.717) is 12.1 Å². The lowest BCUT2D eigenvalue weighted by atomic mass is 10.2. The topological polar surface area (TPSA) is 49.3 Å². The van der Waals surface area contributed by atoms with E-state index in [-0.39, 0.29) is 5.75 Å². The van der Waals surface area contributed by atoms with E-state index in [9.17, 15) is 9.90 Å². The third-order valence-electron chi connectivity index (χ3n) is 1.48. The van der Waals surface area contributed by atoms with Gasteiger partial charge < -0.3 is 10.4 Å². The number of amides is 1. The second-order valence-corrected chi connectivity index (χ2v) is 3.29. The number of aryl methyl sites for hydroxylation is 1. The van der Waals surface area contributed by atoms with Crippen molar-refractivity contribution in [3.8, 4) is 5.75 Å². The van der Waals surface area contributed by atoms with Crippen LogP contribution in [0.4, 0.5) is 5.69 Å². The van der Waals surface area contributed by atoms with E-state index in [0.717, 1.165) is 10.0 Å². The molecule has 2 N–H and O–H groups in total. The number of nitrogens with one attached hydrogen (secondary N) is 1. The van der Waals surface area contributed by atoms with Crippen LogP contribution in [0.5, 0.6) is 5.75 Å². The Morgan fingerprint density at radius 1 is 1.58 bits per heavy atom. The number of phenolic OH excluding ortho intramolecular Hbond substituents is 1. The molecule has 1 aromatic carbocycles. The molecule has 1 aromatic rings. The summed E-state index contributed by atoms with van der Waals surface area (Å²) in [4.78, 5) is 10.1. The number of aromatic hydroxyl groups is 1. The molecule has 0 atom stereocenters. The Balaban J connectivity index is 3.18. The minimum atomic E-state index is 0.0639. The summed E-state index contributed by atoms with van der Waals surface area (Å²) >= 11 is 3.22. The van der Waals surface area contributed by atoms with Crippen LogP contribution in [0.2, 0.25) is 0 Å². The zero-order valence-corrected chi connectivity index (χ0v) is 8.05. The molecule has 0 heterocycles. The average Bonchev–Trinajstić information content (AvgIpc) is 1.96. The lowest BCUT2D eigenvalue weighted by molar-refractivity contribution is -0.105. The summed E-state index contributed by atoms with van der Waals surface area (Å²) in [6, 6.07) is 3.34. The molecule has 1 amide bonds. The molecule has 4 heteroatoms. The summed E-state index contributed by atoms with van der Waals surface area (Å²) < 4.78 is 0.786. The summed E-state index contributed by atoms with van der Waals surface area (Å²) in [5.74, 6) is 0.0639. The maximum absolute atomic E-state index is 10.1. The minimum Gasteiger partial charge on any atom is -0.506 e. The quantitative estimate of drug-likeness (QED) is 0.603. The van der Waals surface area contributed by atoms with Gasteiger partial charge in [-0.25, -0.2) is 0 Å². The van der Waals surface area contributed by atoms with Gasteiger partial charge >= 0.3 is 0 Å². The van der Waals surface area contributed by atoms with Crippen molar-refractivity contribution in [3.05, 3.63) is 22.2 Å². The van der Waals surface area contributed by atoms with Crippen LogP contribution in [0.3, 0.4) is 0 Å². The van der Waals surface area contributed by atoms with Gasteiger partial charge in [0.15, 0.2) is 0 Å². The van der Waals surface area contributed by atoms with E-state index >= 15 is 0 Å². The molecule has 64 valence electrons. The number of carbonyl (C=O) groups is 1. The van der Waals surface area contributed by atoms with Gasteiger partial charge in [-0.3, -0.25) is 4.79 Å². The normalized spacial score (nSPS) is 9.50. The highest BCUT2D eigenvalue weighted by atomic mass is 79.9. The fraction of sp³-hybridized carbons (Fsp3) is 0.125. The van der Waals surface area contributed by atoms with Crippen molar-refractivity contribution in [2.24, 2.45) is 0 Å². The second-order valence-electron chi connectivity index (χ2n) is 2.38. The molecule has 1 rings (SSSR count). The van der Waals surface area contributed by atoms with Crippen LogP contribution < -0.4 is 5.32 Å². The van der Waals surface area contributed by atoms with E-state index < -0.39 is 0 Å². The van der Waals surface area contributed by atoms with Gasteiger partial charge in [0.2, 0.25) is 6.41 Å². The fourth-order valence-corrected chi connectivity index (χ4v) is 1.53. The minimum absolute atomic E-state index is 0.0639. The Bertz CT molecular complexity index is 289. The molecule has 3 nitrogen and oxygen atoms in total. The third-order valence-corrected chi connectivity index (χ3v) is 1.94. The Kier molecular flexibility index (Phi) is 2.70. The molecule has 0 saturated carbocycles. The molecule has 0 fully saturated rings. The van der Waals surface area contributed by atoms with Crippen LogP contribution in [0, 0.1) is 6.92 Å². The zero-order chi connectivity index (χ0) is 9.14. The number of benzene rings is 1. The molecule has 0 aliphatic carbocycles. The zero-order valence-electron chi connectivity index (χ0n) is 6.47. The first-order valence-electron chi connectivity index (χ1n) is 3.34. The number of hydrogen-bond acceptors (Lipinski definition) is 2. The maximum atomic E-state index is 10.1. The lowest BCUT2D eigenvalue weighted by Crippen LogP contribution is -1.96. The van der Waals surface area contributed by atoms with Crippen LogP contribution in [0.25, 0.3) is 0 Å². The first kappa shape index (κ1) is 9.06.